The van der Waals surface area contributed by atoms with Gasteiger partial charge in [0.05, 0.1) is 12.2 Å². The Labute approximate surface area is 242 Å². The second-order valence-corrected chi connectivity index (χ2v) is 15.2. The minimum absolute atomic E-state index is 0.0332. The third kappa shape index (κ3) is 5.48. The van der Waals surface area contributed by atoms with Crippen molar-refractivity contribution < 1.29 is 19.8 Å². The molecule has 0 spiro atoms. The van der Waals surface area contributed by atoms with E-state index in [0.29, 0.717) is 55.5 Å². The van der Waals surface area contributed by atoms with E-state index in [1.54, 1.807) is 0 Å². The Bertz CT molecular complexity index is 919. The number of nitrogens with one attached hydrogen (secondary N) is 1. The molecule has 10 atom stereocenters. The molecule has 1 saturated heterocycles. The van der Waals surface area contributed by atoms with Crippen LogP contribution in [-0.4, -0.2) is 82.3 Å². The van der Waals surface area contributed by atoms with Gasteiger partial charge >= 0.3 is 0 Å². The second-order valence-electron chi connectivity index (χ2n) is 15.2. The number of carbonyl (C=O) groups is 2. The molecule has 0 aromatic carbocycles. The standard InChI is InChI=1S/C33H57N3O4/c1-6-7-30(39)34-26(18-21(2)3)31(40)36-16-14-35(15-17-36)27-20-33(5)22(19-28(27)37)8-9-23-24-10-11-29(38)32(24,4)13-12-25(23)33/h21-29,37-38H,6-20H2,1-5H3,(H,34,39)/t22-,23-,24-,25-,26-,27-,28-,29-,32-,33-/m0/s1. The number of fused-ring (bicyclic) bond motifs is 5. The summed E-state index contributed by atoms with van der Waals surface area (Å²) in [4.78, 5) is 30.2. The molecule has 228 valence electrons. The maximum atomic E-state index is 13.5. The first kappa shape index (κ1) is 30.3. The minimum atomic E-state index is -0.448. The van der Waals surface area contributed by atoms with Crippen molar-refractivity contribution in [3.8, 4) is 0 Å². The van der Waals surface area contributed by atoms with Crippen LogP contribution in [0.4, 0.5) is 0 Å². The zero-order valence-corrected chi connectivity index (χ0v) is 25.9. The molecule has 0 unspecified atom stereocenters. The van der Waals surface area contributed by atoms with E-state index >= 15 is 0 Å². The van der Waals surface area contributed by atoms with E-state index < -0.39 is 6.04 Å². The summed E-state index contributed by atoms with van der Waals surface area (Å²) in [7, 11) is 0. The Hall–Kier alpha value is -1.18. The van der Waals surface area contributed by atoms with Gasteiger partial charge in [0.25, 0.3) is 0 Å². The van der Waals surface area contributed by atoms with Crippen molar-refractivity contribution in [2.75, 3.05) is 26.2 Å². The molecule has 5 fully saturated rings. The molecule has 5 rings (SSSR count). The van der Waals surface area contributed by atoms with E-state index in [0.717, 1.165) is 45.2 Å². The third-order valence-corrected chi connectivity index (χ3v) is 12.5. The number of aliphatic hydroxyl groups excluding tert-OH is 2. The van der Waals surface area contributed by atoms with Crippen molar-refractivity contribution in [3.05, 3.63) is 0 Å². The summed E-state index contributed by atoms with van der Waals surface area (Å²) in [6, 6.07) is -0.300. The zero-order chi connectivity index (χ0) is 28.8. The lowest BCUT2D eigenvalue weighted by Crippen LogP contribution is -2.63. The normalized spacial score (nSPS) is 42.6. The summed E-state index contributed by atoms with van der Waals surface area (Å²) in [5.74, 6) is 2.98. The van der Waals surface area contributed by atoms with Crippen LogP contribution in [0.15, 0.2) is 0 Å². The third-order valence-electron chi connectivity index (χ3n) is 12.5. The van der Waals surface area contributed by atoms with Gasteiger partial charge in [0.1, 0.15) is 6.04 Å². The first-order valence-corrected chi connectivity index (χ1v) is 16.7. The van der Waals surface area contributed by atoms with Crippen molar-refractivity contribution in [3.63, 3.8) is 0 Å². The molecule has 7 nitrogen and oxygen atoms in total. The number of hydrogen-bond donors (Lipinski definition) is 3. The van der Waals surface area contributed by atoms with Crippen LogP contribution in [0.3, 0.4) is 0 Å². The predicted molar refractivity (Wildman–Crippen MR) is 157 cm³/mol. The van der Waals surface area contributed by atoms with Gasteiger partial charge in [0, 0.05) is 38.6 Å². The van der Waals surface area contributed by atoms with Crippen LogP contribution >= 0.6 is 0 Å². The Kier molecular flexibility index (Phi) is 8.96. The van der Waals surface area contributed by atoms with Gasteiger partial charge in [-0.25, -0.2) is 0 Å². The van der Waals surface area contributed by atoms with E-state index in [1.807, 2.05) is 11.8 Å². The van der Waals surface area contributed by atoms with Gasteiger partial charge in [-0.15, -0.1) is 0 Å². The van der Waals surface area contributed by atoms with Crippen molar-refractivity contribution in [2.45, 2.75) is 130 Å². The maximum Gasteiger partial charge on any atom is 0.245 e. The lowest BCUT2D eigenvalue weighted by atomic mass is 9.44. The Morgan fingerprint density at radius 2 is 1.65 bits per heavy atom. The van der Waals surface area contributed by atoms with Gasteiger partial charge in [0.2, 0.25) is 11.8 Å². The fourth-order valence-corrected chi connectivity index (χ4v) is 10.3. The SMILES string of the molecule is CCCC(=O)N[C@@H](CC(C)C)C(=O)N1CCN([C@H]2C[C@@]3(C)[C@@H](CC[C@@H]4[C@@H]3CC[C@]3(C)[C@@H](O)CC[C@@H]43)C[C@@H]2O)CC1. The van der Waals surface area contributed by atoms with Crippen molar-refractivity contribution in [1.29, 1.82) is 0 Å². The molecule has 0 aromatic heterocycles. The van der Waals surface area contributed by atoms with E-state index in [2.05, 4.69) is 37.9 Å². The quantitative estimate of drug-likeness (QED) is 0.435. The monoisotopic (exact) mass is 559 g/mol. The molecule has 1 aliphatic heterocycles. The average molecular weight is 560 g/mol. The molecule has 4 aliphatic carbocycles. The number of piperazine rings is 1. The molecular weight excluding hydrogens is 502 g/mol. The van der Waals surface area contributed by atoms with Crippen molar-refractivity contribution in [1.82, 2.24) is 15.1 Å². The summed E-state index contributed by atoms with van der Waals surface area (Å²) < 4.78 is 0. The summed E-state index contributed by atoms with van der Waals surface area (Å²) in [6.45, 7) is 14.0. The number of nitrogens with zero attached hydrogens (tertiary/aromatic N) is 2. The molecule has 2 amide bonds. The van der Waals surface area contributed by atoms with E-state index in [1.165, 1.54) is 25.7 Å². The highest BCUT2D eigenvalue weighted by molar-refractivity contribution is 5.87. The lowest BCUT2D eigenvalue weighted by molar-refractivity contribution is -0.157. The van der Waals surface area contributed by atoms with Crippen LogP contribution in [-0.2, 0) is 9.59 Å². The highest BCUT2D eigenvalue weighted by Crippen LogP contribution is 2.66. The van der Waals surface area contributed by atoms with Crippen LogP contribution in [0.1, 0.15) is 105 Å². The largest absolute Gasteiger partial charge is 0.393 e. The van der Waals surface area contributed by atoms with Gasteiger partial charge in [-0.2, -0.15) is 0 Å². The topological polar surface area (TPSA) is 93.1 Å². The highest BCUT2D eigenvalue weighted by Gasteiger charge is 2.61. The number of aliphatic hydroxyl groups is 2. The van der Waals surface area contributed by atoms with Crippen molar-refractivity contribution >= 4 is 11.8 Å². The Balaban J connectivity index is 1.23. The first-order valence-electron chi connectivity index (χ1n) is 16.7. The number of rotatable bonds is 7. The van der Waals surface area contributed by atoms with E-state index in [4.69, 9.17) is 0 Å². The number of carbonyl (C=O) groups excluding carboxylic acids is 2. The summed E-state index contributed by atoms with van der Waals surface area (Å²) in [5.41, 5.74) is 0.338. The molecule has 7 heteroatoms. The molecule has 40 heavy (non-hydrogen) atoms. The summed E-state index contributed by atoms with van der Waals surface area (Å²) in [5, 5.41) is 25.3. The molecule has 0 bridgehead atoms. The van der Waals surface area contributed by atoms with Crippen LogP contribution in [0.2, 0.25) is 0 Å². The van der Waals surface area contributed by atoms with E-state index in [9.17, 15) is 19.8 Å². The Morgan fingerprint density at radius 1 is 0.950 bits per heavy atom. The fraction of sp³-hybridized carbons (Fsp3) is 0.939. The van der Waals surface area contributed by atoms with Crippen LogP contribution in [0, 0.1) is 40.4 Å². The minimum Gasteiger partial charge on any atom is -0.393 e. The van der Waals surface area contributed by atoms with Crippen molar-refractivity contribution in [2.24, 2.45) is 40.4 Å². The molecule has 0 radical (unpaired) electrons. The molecule has 1 heterocycles. The zero-order valence-electron chi connectivity index (χ0n) is 25.9. The lowest BCUT2D eigenvalue weighted by Gasteiger charge is -2.62. The summed E-state index contributed by atoms with van der Waals surface area (Å²) in [6.07, 6.45) is 10.4. The van der Waals surface area contributed by atoms with Gasteiger partial charge in [-0.05, 0) is 105 Å². The highest BCUT2D eigenvalue weighted by atomic mass is 16.3. The smallest absolute Gasteiger partial charge is 0.245 e. The average Bonchev–Trinajstić information content (AvgIpc) is 3.22. The van der Waals surface area contributed by atoms with Gasteiger partial charge < -0.3 is 20.4 Å². The first-order chi connectivity index (χ1) is 19.0. The molecule has 3 N–H and O–H groups in total. The van der Waals surface area contributed by atoms with Gasteiger partial charge in [-0.1, -0.05) is 34.6 Å². The van der Waals surface area contributed by atoms with Gasteiger partial charge in [-0.3, -0.25) is 14.5 Å². The second kappa shape index (κ2) is 11.8. The molecular formula is C33H57N3O4. The molecule has 4 saturated carbocycles. The van der Waals surface area contributed by atoms with Gasteiger partial charge in [0.15, 0.2) is 0 Å². The Morgan fingerprint density at radius 3 is 2.33 bits per heavy atom. The maximum absolute atomic E-state index is 13.5. The fourth-order valence-electron chi connectivity index (χ4n) is 10.3. The summed E-state index contributed by atoms with van der Waals surface area (Å²) >= 11 is 0. The van der Waals surface area contributed by atoms with Crippen LogP contribution < -0.4 is 5.32 Å². The predicted octanol–water partition coefficient (Wildman–Crippen LogP) is 4.20. The van der Waals surface area contributed by atoms with Crippen LogP contribution in [0.25, 0.3) is 0 Å². The number of amides is 2. The van der Waals surface area contributed by atoms with Crippen LogP contribution in [0.5, 0.6) is 0 Å². The molecule has 5 aliphatic rings. The van der Waals surface area contributed by atoms with E-state index in [-0.39, 0.29) is 40.9 Å². The molecule has 0 aromatic rings. The number of hydrogen-bond acceptors (Lipinski definition) is 5.